The molecule has 0 radical (unpaired) electrons. The second kappa shape index (κ2) is 21.8. The molecule has 1 atom stereocenters. The molecule has 0 rings (SSSR count). The quantitative estimate of drug-likeness (QED) is 0.0861. The van der Waals surface area contributed by atoms with E-state index in [-0.39, 0.29) is 0 Å². The molecule has 0 aliphatic carbocycles. The first kappa shape index (κ1) is 33.6. The number of hydrogen-bond acceptors (Lipinski definition) is 3. The Morgan fingerprint density at radius 3 is 1.18 bits per heavy atom. The normalized spacial score (nSPS) is 14.3. The Balaban J connectivity index is 4.71. The molecule has 0 saturated heterocycles. The Kier molecular flexibility index (Phi) is 22.2. The topological polar surface area (TPSA) is 35.5 Å². The second-order valence-electron chi connectivity index (χ2n) is 10.5. The molecule has 0 fully saturated rings. The summed E-state index contributed by atoms with van der Waals surface area (Å²) in [6.45, 7) is 9.49. The van der Waals surface area contributed by atoms with Gasteiger partial charge in [0.2, 0.25) is 0 Å². The van der Waals surface area contributed by atoms with Gasteiger partial charge >= 0.3 is 190 Å². The molecule has 202 valence electrons. The first-order chi connectivity index (χ1) is 16.0. The van der Waals surface area contributed by atoms with Crippen molar-refractivity contribution in [3.8, 4) is 0 Å². The van der Waals surface area contributed by atoms with Crippen LogP contribution < -0.4 is 0 Å². The number of rotatable bonds is 26. The van der Waals surface area contributed by atoms with Crippen LogP contribution in [0.25, 0.3) is 0 Å². The molecule has 0 aromatic heterocycles. The molecule has 33 heavy (non-hydrogen) atoms. The van der Waals surface area contributed by atoms with Crippen LogP contribution in [-0.2, 0) is 13.4 Å². The Morgan fingerprint density at radius 1 is 0.485 bits per heavy atom. The van der Waals surface area contributed by atoms with Gasteiger partial charge < -0.3 is 0 Å². The summed E-state index contributed by atoms with van der Waals surface area (Å²) in [4.78, 5) is 0. The van der Waals surface area contributed by atoms with Gasteiger partial charge in [0, 0.05) is 0 Å². The van der Waals surface area contributed by atoms with Gasteiger partial charge in [0.1, 0.15) is 0 Å². The second-order valence-corrected chi connectivity index (χ2v) is 17.6. The third-order valence-corrected chi connectivity index (χ3v) is 16.3. The molecule has 0 saturated carbocycles. The van der Waals surface area contributed by atoms with Crippen LogP contribution in [0.1, 0.15) is 150 Å². The first-order valence-corrected chi connectivity index (χ1v) is 19.0. The Labute approximate surface area is 209 Å². The number of hydrogen-bond donors (Lipinski definition) is 0. The van der Waals surface area contributed by atoms with E-state index in [1.54, 1.807) is 0 Å². The van der Waals surface area contributed by atoms with E-state index in [0.29, 0.717) is 6.61 Å². The number of unbranched alkanes of at least 4 members (excludes halogenated alkanes) is 13. The predicted octanol–water partition coefficient (Wildman–Crippen LogP) is 11.0. The Bertz CT molecular complexity index is 413. The van der Waals surface area contributed by atoms with E-state index in [1.165, 1.54) is 109 Å². The van der Waals surface area contributed by atoms with Gasteiger partial charge in [-0.05, 0) is 0 Å². The van der Waals surface area contributed by atoms with Crippen molar-refractivity contribution in [3.05, 3.63) is 0 Å². The molecule has 1 unspecified atom stereocenters. The fourth-order valence-electron chi connectivity index (χ4n) is 5.07. The SMILES string of the molecule is CCCCCCCCCCCCO[PH](=O)OP(CCCC)(CCCC)(CCCC)CCCC. The zero-order valence-corrected chi connectivity index (χ0v) is 25.3. The van der Waals surface area contributed by atoms with E-state index in [1.807, 2.05) is 0 Å². The van der Waals surface area contributed by atoms with E-state index < -0.39 is 15.1 Å². The Hall–Kier alpha value is 0.580. The maximum atomic E-state index is 13.2. The van der Waals surface area contributed by atoms with Crippen molar-refractivity contribution in [1.29, 1.82) is 0 Å². The van der Waals surface area contributed by atoms with E-state index in [4.69, 9.17) is 8.83 Å². The van der Waals surface area contributed by atoms with E-state index in [2.05, 4.69) is 34.6 Å². The Morgan fingerprint density at radius 2 is 0.818 bits per heavy atom. The van der Waals surface area contributed by atoms with Gasteiger partial charge in [-0.15, -0.1) is 0 Å². The van der Waals surface area contributed by atoms with Crippen LogP contribution in [0.5, 0.6) is 0 Å². The molecular weight excluding hydrogens is 446 g/mol. The van der Waals surface area contributed by atoms with Crippen LogP contribution in [0.15, 0.2) is 0 Å². The van der Waals surface area contributed by atoms with Crippen LogP contribution >= 0.6 is 15.1 Å². The predicted molar refractivity (Wildman–Crippen MR) is 154 cm³/mol. The third-order valence-electron chi connectivity index (χ3n) is 7.36. The minimum atomic E-state index is -2.48. The maximum absolute atomic E-state index is 13.2. The molecule has 0 aliphatic heterocycles. The van der Waals surface area contributed by atoms with Gasteiger partial charge in [0.05, 0.1) is 0 Å². The molecule has 0 N–H and O–H groups in total. The standard InChI is InChI=1S/C28H62O3P2/c1-6-11-16-17-18-19-20-21-22-23-24-30-32(29)31-33(25-12-7-2,26-13-8-3,27-14-9-4)28-15-10-5/h32H,6-28H2,1-5H3. The van der Waals surface area contributed by atoms with Gasteiger partial charge in [-0.1, -0.05) is 19.8 Å². The molecule has 5 heteroatoms. The van der Waals surface area contributed by atoms with Crippen molar-refractivity contribution in [2.45, 2.75) is 150 Å². The summed E-state index contributed by atoms with van der Waals surface area (Å²) in [7, 11) is -2.42. The van der Waals surface area contributed by atoms with Crippen molar-refractivity contribution in [3.63, 3.8) is 0 Å². The minimum absolute atomic E-state index is 0.601. The van der Waals surface area contributed by atoms with Crippen LogP contribution in [0.4, 0.5) is 0 Å². The van der Waals surface area contributed by atoms with Gasteiger partial charge in [-0.3, -0.25) is 0 Å². The van der Waals surface area contributed by atoms with Gasteiger partial charge in [0.15, 0.2) is 0 Å². The zero-order valence-electron chi connectivity index (χ0n) is 23.4. The third kappa shape index (κ3) is 16.0. The first-order valence-electron chi connectivity index (χ1n) is 14.9. The summed E-state index contributed by atoms with van der Waals surface area (Å²) >= 11 is 0. The van der Waals surface area contributed by atoms with Crippen molar-refractivity contribution < 1.29 is 13.4 Å². The monoisotopic (exact) mass is 508 g/mol. The average molecular weight is 509 g/mol. The van der Waals surface area contributed by atoms with Crippen LogP contribution in [0.3, 0.4) is 0 Å². The fourth-order valence-corrected chi connectivity index (χ4v) is 14.5. The summed E-state index contributed by atoms with van der Waals surface area (Å²) < 4.78 is 25.8. The van der Waals surface area contributed by atoms with Gasteiger partial charge in [-0.2, -0.15) is 0 Å². The van der Waals surface area contributed by atoms with Crippen LogP contribution in [-0.4, -0.2) is 31.3 Å². The van der Waals surface area contributed by atoms with E-state index in [0.717, 1.165) is 31.1 Å². The summed E-state index contributed by atoms with van der Waals surface area (Å²) in [6.07, 6.45) is 27.2. The molecule has 0 aliphatic rings. The summed E-state index contributed by atoms with van der Waals surface area (Å²) in [6, 6.07) is 0. The van der Waals surface area contributed by atoms with E-state index >= 15 is 0 Å². The van der Waals surface area contributed by atoms with Gasteiger partial charge in [-0.25, -0.2) is 0 Å². The molecule has 0 heterocycles. The molecular formula is C28H62O3P2. The van der Waals surface area contributed by atoms with Crippen molar-refractivity contribution in [2.24, 2.45) is 0 Å². The molecule has 3 nitrogen and oxygen atoms in total. The zero-order chi connectivity index (χ0) is 24.7. The molecule has 0 bridgehead atoms. The van der Waals surface area contributed by atoms with Crippen LogP contribution in [0, 0.1) is 0 Å². The summed E-state index contributed by atoms with van der Waals surface area (Å²) in [5.74, 6) is 0. The summed E-state index contributed by atoms with van der Waals surface area (Å²) in [5, 5.41) is 0. The van der Waals surface area contributed by atoms with Crippen molar-refractivity contribution >= 4 is 15.1 Å². The summed E-state index contributed by atoms with van der Waals surface area (Å²) in [5.41, 5.74) is 0. The van der Waals surface area contributed by atoms with Crippen molar-refractivity contribution in [2.75, 3.05) is 31.3 Å². The molecule has 0 aromatic carbocycles. The molecule has 0 spiro atoms. The van der Waals surface area contributed by atoms with Gasteiger partial charge in [0.25, 0.3) is 0 Å². The van der Waals surface area contributed by atoms with Crippen molar-refractivity contribution in [1.82, 2.24) is 0 Å². The fraction of sp³-hybridized carbons (Fsp3) is 1.00. The average Bonchev–Trinajstić information content (AvgIpc) is 2.82. The van der Waals surface area contributed by atoms with E-state index in [9.17, 15) is 4.57 Å². The van der Waals surface area contributed by atoms with Crippen LogP contribution in [0.2, 0.25) is 0 Å². The molecule has 0 aromatic rings. The molecule has 0 amide bonds.